The fourth-order valence-corrected chi connectivity index (χ4v) is 3.22. The maximum atomic E-state index is 13.7. The maximum absolute atomic E-state index is 13.7. The number of anilines is 1. The van der Waals surface area contributed by atoms with Crippen LogP contribution in [0.5, 0.6) is 5.75 Å². The highest BCUT2D eigenvalue weighted by atomic mass is 35.5. The molecule has 0 saturated heterocycles. The first-order valence-corrected chi connectivity index (χ1v) is 9.32. The minimum Gasteiger partial charge on any atom is -0.495 e. The normalized spacial score (nSPS) is 11.5. The molecule has 0 aliphatic heterocycles. The summed E-state index contributed by atoms with van der Waals surface area (Å²) >= 11 is 5.98. The van der Waals surface area contributed by atoms with Gasteiger partial charge in [-0.15, -0.1) is 0 Å². The number of hydrogen-bond donors (Lipinski definition) is 1. The van der Waals surface area contributed by atoms with Crippen molar-refractivity contribution in [1.29, 1.82) is 0 Å². The lowest BCUT2D eigenvalue weighted by molar-refractivity contribution is -0.142. The van der Waals surface area contributed by atoms with Crippen LogP contribution in [0.15, 0.2) is 60.8 Å². The second-order valence-corrected chi connectivity index (χ2v) is 6.92. The molecule has 4 rings (SSSR count). The number of rotatable bonds is 4. The van der Waals surface area contributed by atoms with E-state index in [0.717, 1.165) is 12.3 Å². The molecule has 31 heavy (non-hydrogen) atoms. The van der Waals surface area contributed by atoms with E-state index < -0.39 is 17.8 Å². The number of benzene rings is 2. The number of ether oxygens (including phenoxy) is 1. The summed E-state index contributed by atoms with van der Waals surface area (Å²) in [6, 6.07) is 13.9. The Morgan fingerprint density at radius 2 is 1.87 bits per heavy atom. The average Bonchev–Trinajstić information content (AvgIpc) is 3.17. The molecule has 158 valence electrons. The Morgan fingerprint density at radius 3 is 2.55 bits per heavy atom. The molecule has 1 N–H and O–H groups in total. The Hall–Kier alpha value is -3.59. The molecule has 4 aromatic rings. The Morgan fingerprint density at radius 1 is 1.13 bits per heavy atom. The second-order valence-electron chi connectivity index (χ2n) is 6.48. The summed E-state index contributed by atoms with van der Waals surface area (Å²) in [5.74, 6) is -0.371. The summed E-state index contributed by atoms with van der Waals surface area (Å²) in [6.07, 6.45) is -3.67. The first-order valence-electron chi connectivity index (χ1n) is 8.94. The number of carbonyl (C=O) groups excluding carboxylic acids is 1. The number of hydrogen-bond acceptors (Lipinski definition) is 4. The molecule has 0 radical (unpaired) electrons. The van der Waals surface area contributed by atoms with Gasteiger partial charge in [0.25, 0.3) is 5.91 Å². The van der Waals surface area contributed by atoms with Crippen molar-refractivity contribution in [1.82, 2.24) is 14.6 Å². The maximum Gasteiger partial charge on any atom is 0.433 e. The molecule has 0 atom stereocenters. The van der Waals surface area contributed by atoms with Crippen LogP contribution >= 0.6 is 11.6 Å². The molecular formula is C21H14ClF3N4O2. The molecule has 6 nitrogen and oxygen atoms in total. The molecular weight excluding hydrogens is 433 g/mol. The fourth-order valence-electron chi connectivity index (χ4n) is 3.05. The molecule has 10 heteroatoms. The molecule has 0 aliphatic rings. The first-order chi connectivity index (χ1) is 14.8. The van der Waals surface area contributed by atoms with E-state index in [4.69, 9.17) is 16.3 Å². The second kappa shape index (κ2) is 7.92. The molecule has 2 heterocycles. The lowest BCUT2D eigenvalue weighted by Gasteiger charge is -2.12. The van der Waals surface area contributed by atoms with Crippen molar-refractivity contribution in [2.24, 2.45) is 0 Å². The third kappa shape index (κ3) is 4.04. The van der Waals surface area contributed by atoms with E-state index in [9.17, 15) is 18.0 Å². The molecule has 0 saturated carbocycles. The first kappa shape index (κ1) is 20.7. The molecule has 0 aliphatic carbocycles. The van der Waals surface area contributed by atoms with Gasteiger partial charge in [0.1, 0.15) is 11.3 Å². The van der Waals surface area contributed by atoms with Crippen LogP contribution in [0.4, 0.5) is 18.9 Å². The highest BCUT2D eigenvalue weighted by Crippen LogP contribution is 2.33. The predicted octanol–water partition coefficient (Wildman–Crippen LogP) is 5.33. The van der Waals surface area contributed by atoms with Gasteiger partial charge in [-0.3, -0.25) is 4.79 Å². The van der Waals surface area contributed by atoms with Crippen LogP contribution in [-0.2, 0) is 6.18 Å². The smallest absolute Gasteiger partial charge is 0.433 e. The van der Waals surface area contributed by atoms with Crippen molar-refractivity contribution in [3.63, 3.8) is 0 Å². The highest BCUT2D eigenvalue weighted by molar-refractivity contribution is 6.31. The molecule has 2 aromatic carbocycles. The summed E-state index contributed by atoms with van der Waals surface area (Å²) in [5, 5.41) is 6.70. The highest BCUT2D eigenvalue weighted by Gasteiger charge is 2.36. The zero-order chi connectivity index (χ0) is 22.2. The third-order valence-electron chi connectivity index (χ3n) is 4.49. The molecule has 1 amide bonds. The number of nitrogens with zero attached hydrogens (tertiary/aromatic N) is 3. The fraction of sp³-hybridized carbons (Fsp3) is 0.0952. The van der Waals surface area contributed by atoms with E-state index in [1.807, 2.05) is 0 Å². The SMILES string of the molecule is COc1ccc(Cl)cc1NC(=O)c1cnn2c(C(F)(F)F)cc(-c3ccccc3)nc12. The number of halogens is 4. The van der Waals surface area contributed by atoms with Gasteiger partial charge in [-0.05, 0) is 24.3 Å². The molecule has 0 fully saturated rings. The van der Waals surface area contributed by atoms with Crippen molar-refractivity contribution in [3.8, 4) is 17.0 Å². The Labute approximate surface area is 179 Å². The van der Waals surface area contributed by atoms with Crippen molar-refractivity contribution in [2.75, 3.05) is 12.4 Å². The van der Waals surface area contributed by atoms with Gasteiger partial charge >= 0.3 is 6.18 Å². The summed E-state index contributed by atoms with van der Waals surface area (Å²) < 4.78 is 46.9. The van der Waals surface area contributed by atoms with Crippen LogP contribution < -0.4 is 10.1 Å². The van der Waals surface area contributed by atoms with Crippen LogP contribution in [0.25, 0.3) is 16.9 Å². The van der Waals surface area contributed by atoms with Gasteiger partial charge in [0.05, 0.1) is 24.7 Å². The van der Waals surface area contributed by atoms with Gasteiger partial charge in [-0.1, -0.05) is 41.9 Å². The number of fused-ring (bicyclic) bond motifs is 1. The van der Waals surface area contributed by atoms with Crippen molar-refractivity contribution in [3.05, 3.63) is 77.1 Å². The van der Waals surface area contributed by atoms with Gasteiger partial charge in [-0.25, -0.2) is 9.50 Å². The van der Waals surface area contributed by atoms with E-state index >= 15 is 0 Å². The van der Waals surface area contributed by atoms with Crippen molar-refractivity contribution < 1.29 is 22.7 Å². The number of carbonyl (C=O) groups is 1. The summed E-state index contributed by atoms with van der Waals surface area (Å²) in [4.78, 5) is 17.2. The van der Waals surface area contributed by atoms with Crippen LogP contribution in [-0.4, -0.2) is 27.6 Å². The molecule has 0 spiro atoms. The lowest BCUT2D eigenvalue weighted by Crippen LogP contribution is -2.16. The molecule has 0 unspecified atom stereocenters. The van der Waals surface area contributed by atoms with Gasteiger partial charge in [-0.2, -0.15) is 18.3 Å². The number of amides is 1. The molecule has 2 aromatic heterocycles. The number of nitrogens with one attached hydrogen (secondary N) is 1. The van der Waals surface area contributed by atoms with Crippen molar-refractivity contribution >= 4 is 28.8 Å². The van der Waals surface area contributed by atoms with Crippen LogP contribution in [0, 0.1) is 0 Å². The number of aromatic nitrogens is 3. The molecule has 0 bridgehead atoms. The van der Waals surface area contributed by atoms with E-state index in [1.54, 1.807) is 42.5 Å². The summed E-state index contributed by atoms with van der Waals surface area (Å²) in [6.45, 7) is 0. The lowest BCUT2D eigenvalue weighted by atomic mass is 10.1. The van der Waals surface area contributed by atoms with E-state index in [-0.39, 0.29) is 22.6 Å². The summed E-state index contributed by atoms with van der Waals surface area (Å²) in [7, 11) is 1.41. The Kier molecular flexibility index (Phi) is 5.28. The average molecular weight is 447 g/mol. The standard InChI is InChI=1S/C21H14ClF3N4O2/c1-31-17-8-7-13(22)9-16(17)28-20(30)14-11-26-29-18(21(23,24)25)10-15(27-19(14)29)12-5-3-2-4-6-12/h2-11H,1H3,(H,28,30). The van der Waals surface area contributed by atoms with Gasteiger partial charge in [0.2, 0.25) is 0 Å². The van der Waals surface area contributed by atoms with E-state index in [1.165, 1.54) is 13.2 Å². The van der Waals surface area contributed by atoms with Crippen LogP contribution in [0.1, 0.15) is 16.1 Å². The zero-order valence-corrected chi connectivity index (χ0v) is 16.7. The quantitative estimate of drug-likeness (QED) is 0.460. The number of methoxy groups -OCH3 is 1. The van der Waals surface area contributed by atoms with E-state index in [2.05, 4.69) is 15.4 Å². The zero-order valence-electron chi connectivity index (χ0n) is 15.9. The van der Waals surface area contributed by atoms with Gasteiger partial charge in [0, 0.05) is 10.6 Å². The predicted molar refractivity (Wildman–Crippen MR) is 109 cm³/mol. The minimum atomic E-state index is -4.71. The largest absolute Gasteiger partial charge is 0.495 e. The topological polar surface area (TPSA) is 68.5 Å². The number of alkyl halides is 3. The summed E-state index contributed by atoms with van der Waals surface area (Å²) in [5.41, 5.74) is -0.613. The van der Waals surface area contributed by atoms with Gasteiger partial charge < -0.3 is 10.1 Å². The van der Waals surface area contributed by atoms with Crippen molar-refractivity contribution in [2.45, 2.75) is 6.18 Å². The third-order valence-corrected chi connectivity index (χ3v) is 4.72. The Bertz CT molecular complexity index is 1270. The van der Waals surface area contributed by atoms with Gasteiger partial charge in [0.15, 0.2) is 11.3 Å². The minimum absolute atomic E-state index is 0.0651. The van der Waals surface area contributed by atoms with Crippen LogP contribution in [0.3, 0.4) is 0 Å². The monoisotopic (exact) mass is 446 g/mol. The van der Waals surface area contributed by atoms with Crippen LogP contribution in [0.2, 0.25) is 5.02 Å². The van der Waals surface area contributed by atoms with E-state index in [0.29, 0.717) is 20.9 Å². The Balaban J connectivity index is 1.84.